The SMILES string of the molecule is CCO[Si](COCC(C)(C)C)(OCC)OCC. The van der Waals surface area contributed by atoms with Crippen LogP contribution in [0.25, 0.3) is 0 Å². The maximum absolute atomic E-state index is 5.71. The lowest BCUT2D eigenvalue weighted by Gasteiger charge is -2.29. The first-order valence-electron chi connectivity index (χ1n) is 6.38. The Hall–Kier alpha value is 0.0569. The smallest absolute Gasteiger partial charge is 0.376 e. The highest BCUT2D eigenvalue weighted by atomic mass is 28.4. The number of ether oxygens (including phenoxy) is 1. The van der Waals surface area contributed by atoms with Crippen molar-refractivity contribution in [1.29, 1.82) is 0 Å². The number of hydrogen-bond acceptors (Lipinski definition) is 4. The van der Waals surface area contributed by atoms with Gasteiger partial charge in [0.1, 0.15) is 6.23 Å². The average Bonchev–Trinajstić information content (AvgIpc) is 2.16. The third kappa shape index (κ3) is 7.89. The molecule has 0 aromatic rings. The van der Waals surface area contributed by atoms with E-state index in [0.717, 1.165) is 0 Å². The van der Waals surface area contributed by atoms with E-state index in [-0.39, 0.29) is 5.41 Å². The molecule has 0 N–H and O–H groups in total. The highest BCUT2D eigenvalue weighted by Crippen LogP contribution is 2.16. The van der Waals surface area contributed by atoms with E-state index in [0.29, 0.717) is 32.7 Å². The third-order valence-corrected chi connectivity index (χ3v) is 4.65. The van der Waals surface area contributed by atoms with Crippen molar-refractivity contribution in [2.45, 2.75) is 41.5 Å². The minimum Gasteiger partial charge on any atom is -0.376 e. The Bertz CT molecular complexity index is 174. The standard InChI is InChI=1S/C12H28O4Si/c1-7-14-17(15-8-2,16-9-3)11-13-10-12(4,5)6/h7-11H2,1-6H3. The molecule has 4 nitrogen and oxygen atoms in total. The number of hydrogen-bond donors (Lipinski definition) is 0. The van der Waals surface area contributed by atoms with Crippen LogP contribution in [0.1, 0.15) is 41.5 Å². The molecule has 104 valence electrons. The summed E-state index contributed by atoms with van der Waals surface area (Å²) >= 11 is 0. The first-order chi connectivity index (χ1) is 7.89. The Morgan fingerprint density at radius 2 is 1.24 bits per heavy atom. The molecule has 0 radical (unpaired) electrons. The van der Waals surface area contributed by atoms with Gasteiger partial charge in [0.15, 0.2) is 0 Å². The van der Waals surface area contributed by atoms with E-state index in [9.17, 15) is 0 Å². The largest absolute Gasteiger partial charge is 0.528 e. The molecule has 0 atom stereocenters. The molecule has 0 unspecified atom stereocenters. The van der Waals surface area contributed by atoms with Gasteiger partial charge >= 0.3 is 8.80 Å². The summed E-state index contributed by atoms with van der Waals surface area (Å²) in [7, 11) is -2.62. The summed E-state index contributed by atoms with van der Waals surface area (Å²) in [4.78, 5) is 0. The van der Waals surface area contributed by atoms with Crippen molar-refractivity contribution in [3.63, 3.8) is 0 Å². The van der Waals surface area contributed by atoms with Crippen molar-refractivity contribution in [3.8, 4) is 0 Å². The summed E-state index contributed by atoms with van der Waals surface area (Å²) in [6, 6.07) is 0. The molecule has 0 aliphatic rings. The second kappa shape index (κ2) is 8.21. The van der Waals surface area contributed by atoms with Gasteiger partial charge in [-0.25, -0.2) is 0 Å². The van der Waals surface area contributed by atoms with Crippen LogP contribution in [-0.4, -0.2) is 41.5 Å². The zero-order valence-corrected chi connectivity index (χ0v) is 13.2. The molecule has 0 aliphatic heterocycles. The van der Waals surface area contributed by atoms with Crippen LogP contribution in [0.15, 0.2) is 0 Å². The molecule has 0 bridgehead atoms. The molecule has 0 aliphatic carbocycles. The molecule has 0 spiro atoms. The molecular formula is C12H28O4Si. The van der Waals surface area contributed by atoms with Crippen LogP contribution < -0.4 is 0 Å². The fraction of sp³-hybridized carbons (Fsp3) is 1.00. The van der Waals surface area contributed by atoms with Crippen molar-refractivity contribution >= 4 is 8.80 Å². The van der Waals surface area contributed by atoms with Gasteiger partial charge in [0, 0.05) is 19.8 Å². The highest BCUT2D eigenvalue weighted by molar-refractivity contribution is 6.60. The van der Waals surface area contributed by atoms with Gasteiger partial charge in [-0.05, 0) is 26.2 Å². The summed E-state index contributed by atoms with van der Waals surface area (Å²) in [6.45, 7) is 14.7. The van der Waals surface area contributed by atoms with Crippen LogP contribution in [0.2, 0.25) is 0 Å². The van der Waals surface area contributed by atoms with E-state index in [4.69, 9.17) is 18.0 Å². The van der Waals surface area contributed by atoms with Crippen LogP contribution in [0, 0.1) is 5.41 Å². The molecule has 5 heteroatoms. The monoisotopic (exact) mass is 264 g/mol. The van der Waals surface area contributed by atoms with Gasteiger partial charge in [-0.1, -0.05) is 20.8 Å². The molecule has 0 rings (SSSR count). The van der Waals surface area contributed by atoms with Crippen molar-refractivity contribution in [3.05, 3.63) is 0 Å². The van der Waals surface area contributed by atoms with Gasteiger partial charge < -0.3 is 18.0 Å². The Labute approximate surface area is 107 Å². The molecule has 0 amide bonds. The average molecular weight is 264 g/mol. The van der Waals surface area contributed by atoms with Crippen LogP contribution in [-0.2, 0) is 18.0 Å². The minimum atomic E-state index is -2.62. The van der Waals surface area contributed by atoms with E-state index >= 15 is 0 Å². The van der Waals surface area contributed by atoms with Crippen LogP contribution in [0.4, 0.5) is 0 Å². The van der Waals surface area contributed by atoms with Gasteiger partial charge in [-0.2, -0.15) is 0 Å². The van der Waals surface area contributed by atoms with E-state index in [1.165, 1.54) is 0 Å². The highest BCUT2D eigenvalue weighted by Gasteiger charge is 2.41. The van der Waals surface area contributed by atoms with Crippen LogP contribution in [0.3, 0.4) is 0 Å². The summed E-state index contributed by atoms with van der Waals surface area (Å²) < 4.78 is 22.8. The summed E-state index contributed by atoms with van der Waals surface area (Å²) in [6.07, 6.45) is 0.430. The Kier molecular flexibility index (Phi) is 8.24. The fourth-order valence-corrected chi connectivity index (χ4v) is 3.56. The molecule has 0 heterocycles. The van der Waals surface area contributed by atoms with Gasteiger partial charge in [0.05, 0.1) is 6.61 Å². The molecule has 17 heavy (non-hydrogen) atoms. The Morgan fingerprint density at radius 3 is 1.53 bits per heavy atom. The van der Waals surface area contributed by atoms with E-state index < -0.39 is 8.80 Å². The van der Waals surface area contributed by atoms with Gasteiger partial charge in [-0.3, -0.25) is 0 Å². The first kappa shape index (κ1) is 17.1. The van der Waals surface area contributed by atoms with Crippen molar-refractivity contribution in [2.75, 3.05) is 32.7 Å². The first-order valence-corrected chi connectivity index (χ1v) is 8.32. The molecule has 0 aromatic carbocycles. The van der Waals surface area contributed by atoms with Crippen molar-refractivity contribution in [1.82, 2.24) is 0 Å². The molecular weight excluding hydrogens is 236 g/mol. The van der Waals surface area contributed by atoms with Gasteiger partial charge in [-0.15, -0.1) is 0 Å². The number of rotatable bonds is 9. The Balaban J connectivity index is 4.33. The van der Waals surface area contributed by atoms with Gasteiger partial charge in [0.2, 0.25) is 0 Å². The fourth-order valence-electron chi connectivity index (χ4n) is 1.39. The quantitative estimate of drug-likeness (QED) is 0.600. The lowest BCUT2D eigenvalue weighted by atomic mass is 9.99. The zero-order chi connectivity index (χ0) is 13.4. The summed E-state index contributed by atoms with van der Waals surface area (Å²) in [5, 5.41) is 0. The second-order valence-corrected chi connectivity index (χ2v) is 7.56. The van der Waals surface area contributed by atoms with Gasteiger partial charge in [0.25, 0.3) is 0 Å². The van der Waals surface area contributed by atoms with Crippen LogP contribution in [0.5, 0.6) is 0 Å². The molecule has 0 fully saturated rings. The van der Waals surface area contributed by atoms with E-state index in [1.54, 1.807) is 0 Å². The maximum Gasteiger partial charge on any atom is 0.528 e. The summed E-state index contributed by atoms with van der Waals surface area (Å²) in [5.74, 6) is 0. The zero-order valence-electron chi connectivity index (χ0n) is 12.2. The Morgan fingerprint density at radius 1 is 0.824 bits per heavy atom. The van der Waals surface area contributed by atoms with Crippen molar-refractivity contribution in [2.24, 2.45) is 5.41 Å². The molecule has 0 saturated carbocycles. The molecule has 0 saturated heterocycles. The lowest BCUT2D eigenvalue weighted by molar-refractivity contribution is 0.0144. The predicted octanol–water partition coefficient (Wildman–Crippen LogP) is 2.64. The minimum absolute atomic E-state index is 0.144. The molecule has 0 aromatic heterocycles. The predicted molar refractivity (Wildman–Crippen MR) is 70.9 cm³/mol. The normalized spacial score (nSPS) is 13.1. The van der Waals surface area contributed by atoms with E-state index in [2.05, 4.69) is 20.8 Å². The summed E-state index contributed by atoms with van der Waals surface area (Å²) in [5.41, 5.74) is 0.144. The maximum atomic E-state index is 5.71. The topological polar surface area (TPSA) is 36.9 Å². The van der Waals surface area contributed by atoms with Crippen LogP contribution >= 0.6 is 0 Å². The third-order valence-electron chi connectivity index (χ3n) is 1.91. The van der Waals surface area contributed by atoms with Crippen molar-refractivity contribution < 1.29 is 18.0 Å². The lowest BCUT2D eigenvalue weighted by Crippen LogP contribution is -2.51. The second-order valence-electron chi connectivity index (χ2n) is 5.04. The van der Waals surface area contributed by atoms with E-state index in [1.807, 2.05) is 20.8 Å².